The minimum Gasteiger partial charge on any atom is -0.696 e. The van der Waals surface area contributed by atoms with Gasteiger partial charge >= 0.3 is 16.5 Å². The molecule has 11 heteroatoms. The number of nitriles is 2. The molecule has 0 heterocycles. The van der Waals surface area contributed by atoms with Crippen LogP contribution in [0.2, 0.25) is 0 Å². The van der Waals surface area contributed by atoms with E-state index < -0.39 is 12.2 Å². The van der Waals surface area contributed by atoms with E-state index in [1.165, 1.54) is 10.8 Å². The van der Waals surface area contributed by atoms with Gasteiger partial charge in [-0.3, -0.25) is 0 Å². The van der Waals surface area contributed by atoms with E-state index in [9.17, 15) is 0 Å². The van der Waals surface area contributed by atoms with Gasteiger partial charge in [0.1, 0.15) is 0 Å². The summed E-state index contributed by atoms with van der Waals surface area (Å²) in [6, 6.07) is 0. The van der Waals surface area contributed by atoms with Crippen molar-refractivity contribution >= 4 is 25.3 Å². The summed E-state index contributed by atoms with van der Waals surface area (Å²) in [6.07, 6.45) is -1.46. The van der Waals surface area contributed by atoms with Gasteiger partial charge in [0.05, 0.1) is 0 Å². The van der Waals surface area contributed by atoms with Crippen LogP contribution in [0.3, 0.4) is 0 Å². The quantitative estimate of drug-likeness (QED) is 0.431. The Bertz CT molecular complexity index is 184. The predicted octanol–water partition coefficient (Wildman–Crippen LogP) is 0.930. The monoisotopic (exact) mass is 350 g/mol. The van der Waals surface area contributed by atoms with Gasteiger partial charge < -0.3 is 58.4 Å². The van der Waals surface area contributed by atoms with Gasteiger partial charge in [-0.25, -0.2) is 10.5 Å². The summed E-state index contributed by atoms with van der Waals surface area (Å²) in [4.78, 5) is 0. The Morgan fingerprint density at radius 3 is 0.895 bits per heavy atom. The normalized spacial score (nSPS) is 7.05. The molecule has 19 heavy (non-hydrogen) atoms. The van der Waals surface area contributed by atoms with Crippen LogP contribution in [0, 0.1) is 21.3 Å². The number of aliphatic hydroxyl groups is 2. The summed E-state index contributed by atoms with van der Waals surface area (Å²) < 4.78 is 0. The molecule has 0 aliphatic heterocycles. The summed E-state index contributed by atoms with van der Waals surface area (Å²) in [5.74, 6) is 0. The van der Waals surface area contributed by atoms with E-state index in [-0.39, 0.29) is 42.7 Å². The Balaban J connectivity index is -0.0000000476. The van der Waals surface area contributed by atoms with Crippen molar-refractivity contribution in [3.05, 3.63) is 22.9 Å². The Hall–Kier alpha value is -0.326. The average molecular weight is 351 g/mol. The van der Waals surface area contributed by atoms with E-state index in [4.69, 9.17) is 43.7 Å². The summed E-state index contributed by atoms with van der Waals surface area (Å²) in [5.41, 5.74) is 25.8. The van der Waals surface area contributed by atoms with Crippen LogP contribution in [0.25, 0.3) is 22.9 Å². The second kappa shape index (κ2) is 36.1. The van der Waals surface area contributed by atoms with Crippen LogP contribution < -0.4 is 0 Å². The molecule has 0 radical (unpaired) electrons. The first kappa shape index (κ1) is 31.2. The molecule has 0 unspecified atom stereocenters. The van der Waals surface area contributed by atoms with Gasteiger partial charge in [-0.15, -0.1) is 26.2 Å². The molecule has 0 amide bonds. The smallest absolute Gasteiger partial charge is 0.696 e. The molecule has 0 aromatic heterocycles. The number of thiocyanates is 2. The first-order valence-corrected chi connectivity index (χ1v) is 5.24. The van der Waals surface area contributed by atoms with Crippen molar-refractivity contribution in [2.24, 2.45) is 0 Å². The zero-order valence-electron chi connectivity index (χ0n) is 9.90. The number of nitrogens with one attached hydrogen (secondary N) is 4. The SMILES string of the molecule is N#C[S-].N#C[S-].[NH-]CC(O)C[NH-].[NH-]CC(O)C[NH-].[Ni+2]. The molecule has 0 bridgehead atoms. The molecule has 0 rings (SSSR count). The number of hydrogen-bond acceptors (Lipinski definition) is 6. The molecule has 0 atom stereocenters. The van der Waals surface area contributed by atoms with Crippen molar-refractivity contribution in [2.45, 2.75) is 12.2 Å². The largest absolute Gasteiger partial charge is 2.00 e. The van der Waals surface area contributed by atoms with Crippen molar-refractivity contribution in [3.8, 4) is 10.8 Å². The number of aliphatic hydroxyl groups excluding tert-OH is 2. The Labute approximate surface area is 134 Å². The van der Waals surface area contributed by atoms with Gasteiger partial charge in [0.2, 0.25) is 0 Å². The molecule has 0 saturated heterocycles. The van der Waals surface area contributed by atoms with E-state index in [1.807, 2.05) is 0 Å². The van der Waals surface area contributed by atoms with E-state index in [1.54, 1.807) is 0 Å². The molecule has 0 aliphatic rings. The molecular weight excluding hydrogens is 335 g/mol. The van der Waals surface area contributed by atoms with Crippen LogP contribution in [0.1, 0.15) is 0 Å². The molecule has 0 saturated carbocycles. The second-order valence-corrected chi connectivity index (χ2v) is 2.67. The first-order valence-electron chi connectivity index (χ1n) is 4.42. The van der Waals surface area contributed by atoms with Crippen LogP contribution in [-0.2, 0) is 41.7 Å². The van der Waals surface area contributed by atoms with Gasteiger partial charge in [-0.1, -0.05) is 10.8 Å². The number of nitrogens with zero attached hydrogens (tertiary/aromatic N) is 2. The average Bonchev–Trinajstić information content (AvgIpc) is 2.39. The second-order valence-electron chi connectivity index (χ2n) is 2.31. The van der Waals surface area contributed by atoms with Crippen LogP contribution >= 0.6 is 0 Å². The first-order chi connectivity index (χ1) is 8.44. The molecule has 0 fully saturated rings. The third kappa shape index (κ3) is 73.7. The predicted molar refractivity (Wildman–Crippen MR) is 74.7 cm³/mol. The minimum atomic E-state index is -0.731. The minimum absolute atomic E-state index is 0. The third-order valence-corrected chi connectivity index (χ3v) is 0.942. The third-order valence-electron chi connectivity index (χ3n) is 0.942. The molecule has 6 N–H and O–H groups in total. The molecule has 0 aromatic carbocycles. The maximum absolute atomic E-state index is 8.29. The fourth-order valence-electron chi connectivity index (χ4n) is 0.144. The summed E-state index contributed by atoms with van der Waals surface area (Å²) in [5, 5.41) is 33.5. The van der Waals surface area contributed by atoms with E-state index in [0.717, 1.165) is 0 Å². The van der Waals surface area contributed by atoms with Gasteiger partial charge in [0.15, 0.2) is 0 Å². The molecule has 0 spiro atoms. The zero-order chi connectivity index (χ0) is 15.4. The van der Waals surface area contributed by atoms with Crippen molar-refractivity contribution in [2.75, 3.05) is 26.2 Å². The van der Waals surface area contributed by atoms with Gasteiger partial charge in [-0.05, 0) is 0 Å². The van der Waals surface area contributed by atoms with Crippen LogP contribution in [0.15, 0.2) is 0 Å². The number of hydrogen-bond donors (Lipinski definition) is 2. The molecule has 0 aliphatic carbocycles. The van der Waals surface area contributed by atoms with E-state index in [0.29, 0.717) is 0 Å². The van der Waals surface area contributed by atoms with Crippen molar-refractivity contribution < 1.29 is 26.7 Å². The van der Waals surface area contributed by atoms with Crippen molar-refractivity contribution in [3.63, 3.8) is 0 Å². The maximum atomic E-state index is 8.29. The molecule has 0 aromatic rings. The Morgan fingerprint density at radius 2 is 0.895 bits per heavy atom. The van der Waals surface area contributed by atoms with E-state index in [2.05, 4.69) is 25.3 Å². The van der Waals surface area contributed by atoms with Crippen LogP contribution in [0.4, 0.5) is 0 Å². The van der Waals surface area contributed by atoms with Crippen molar-refractivity contribution in [1.29, 1.82) is 10.5 Å². The van der Waals surface area contributed by atoms with Gasteiger partial charge in [0, 0.05) is 12.2 Å². The topological polar surface area (TPSA) is 183 Å². The maximum Gasteiger partial charge on any atom is 2.00 e. The Morgan fingerprint density at radius 1 is 0.789 bits per heavy atom. The number of rotatable bonds is 4. The van der Waals surface area contributed by atoms with Crippen LogP contribution in [-0.4, -0.2) is 48.6 Å². The van der Waals surface area contributed by atoms with Gasteiger partial charge in [-0.2, -0.15) is 0 Å². The summed E-state index contributed by atoms with van der Waals surface area (Å²) in [7, 11) is 0. The molecular formula is C8H16N6NiO2S2-4. The van der Waals surface area contributed by atoms with Crippen molar-refractivity contribution in [1.82, 2.24) is 0 Å². The van der Waals surface area contributed by atoms with E-state index >= 15 is 0 Å². The Kier molecular flexibility index (Phi) is 59.2. The molecule has 8 nitrogen and oxygen atoms in total. The zero-order valence-corrected chi connectivity index (χ0v) is 12.5. The molecule has 116 valence electrons. The standard InChI is InChI=1S/2C3H8N2O.2CHNS.Ni/c2*4-1-3(6)2-5;2*2-1-3;/h2*3-6H,1-2H2;2*3H;/q2*-2;;;+2/p-2. The van der Waals surface area contributed by atoms with Crippen LogP contribution in [0.5, 0.6) is 0 Å². The van der Waals surface area contributed by atoms with Gasteiger partial charge in [0.25, 0.3) is 0 Å². The summed E-state index contributed by atoms with van der Waals surface area (Å²) in [6.45, 7) is -0.208. The fourth-order valence-corrected chi connectivity index (χ4v) is 0.144. The summed E-state index contributed by atoms with van der Waals surface area (Å²) >= 11 is 7.40. The fraction of sp³-hybridized carbons (Fsp3) is 0.750.